The molecule has 6 rings (SSSR count). The predicted octanol–water partition coefficient (Wildman–Crippen LogP) is 2.15. The number of piperazine rings is 1. The van der Waals surface area contributed by atoms with E-state index in [0.717, 1.165) is 11.4 Å². The molecule has 2 aromatic carbocycles. The molecule has 4 heterocycles. The molecule has 2 amide bonds. The second-order valence-electron chi connectivity index (χ2n) is 9.03. The van der Waals surface area contributed by atoms with Crippen molar-refractivity contribution in [2.45, 2.75) is 12.8 Å². The van der Waals surface area contributed by atoms with E-state index in [1.54, 1.807) is 24.1 Å². The highest BCUT2D eigenvalue weighted by molar-refractivity contribution is 6.01. The number of hydrogen-bond donors (Lipinski definition) is 0. The van der Waals surface area contributed by atoms with Gasteiger partial charge in [0.05, 0.1) is 12.8 Å². The van der Waals surface area contributed by atoms with Crippen LogP contribution in [0.2, 0.25) is 0 Å². The minimum Gasteiger partial charge on any atom is -0.495 e. The third-order valence-corrected chi connectivity index (χ3v) is 6.75. The van der Waals surface area contributed by atoms with Crippen LogP contribution >= 0.6 is 0 Å². The van der Waals surface area contributed by atoms with Gasteiger partial charge in [0.15, 0.2) is 11.5 Å². The second kappa shape index (κ2) is 10.0. The van der Waals surface area contributed by atoms with Crippen LogP contribution in [-0.4, -0.2) is 84.2 Å². The lowest BCUT2D eigenvalue weighted by atomic mass is 10.1. The number of carbonyl (C=O) groups excluding carboxylic acids is 2. The van der Waals surface area contributed by atoms with Crippen LogP contribution in [-0.2, 0) is 9.59 Å². The Labute approximate surface area is 218 Å². The summed E-state index contributed by atoms with van der Waals surface area (Å²) in [6.45, 7) is 2.45. The van der Waals surface area contributed by atoms with Crippen LogP contribution in [0.5, 0.6) is 17.2 Å². The number of carbonyl (C=O) groups is 2. The summed E-state index contributed by atoms with van der Waals surface area (Å²) < 4.78 is 21.7. The summed E-state index contributed by atoms with van der Waals surface area (Å²) >= 11 is 0. The van der Waals surface area contributed by atoms with Crippen molar-refractivity contribution in [3.63, 3.8) is 0 Å². The highest BCUT2D eigenvalue weighted by Gasteiger charge is 2.30. The molecule has 0 atom stereocenters. The third kappa shape index (κ3) is 4.60. The van der Waals surface area contributed by atoms with E-state index in [-0.39, 0.29) is 37.5 Å². The summed E-state index contributed by atoms with van der Waals surface area (Å²) in [6, 6.07) is 13.2. The van der Waals surface area contributed by atoms with Crippen LogP contribution in [0, 0.1) is 0 Å². The molecule has 3 aromatic rings. The Bertz CT molecular complexity index is 1400. The van der Waals surface area contributed by atoms with Crippen molar-refractivity contribution >= 4 is 23.2 Å². The van der Waals surface area contributed by atoms with Crippen LogP contribution in [0.4, 0.5) is 5.69 Å². The summed E-state index contributed by atoms with van der Waals surface area (Å²) in [6.07, 6.45) is 0.555. The minimum atomic E-state index is -0.217. The zero-order valence-corrected chi connectivity index (χ0v) is 20.8. The van der Waals surface area contributed by atoms with Gasteiger partial charge in [-0.3, -0.25) is 9.59 Å². The summed E-state index contributed by atoms with van der Waals surface area (Å²) in [5.74, 6) is 2.29. The van der Waals surface area contributed by atoms with Crippen molar-refractivity contribution in [1.29, 1.82) is 0 Å². The number of benzene rings is 2. The van der Waals surface area contributed by atoms with E-state index in [4.69, 9.17) is 18.7 Å². The Morgan fingerprint density at radius 1 is 1.03 bits per heavy atom. The summed E-state index contributed by atoms with van der Waals surface area (Å²) in [7, 11) is 1.65. The zero-order valence-electron chi connectivity index (χ0n) is 20.8. The summed E-state index contributed by atoms with van der Waals surface area (Å²) in [5, 5.41) is 9.66. The van der Waals surface area contributed by atoms with Gasteiger partial charge in [-0.1, -0.05) is 17.3 Å². The zero-order chi connectivity index (χ0) is 26.1. The van der Waals surface area contributed by atoms with Gasteiger partial charge in [-0.2, -0.15) is 10.1 Å². The van der Waals surface area contributed by atoms with E-state index in [1.807, 2.05) is 30.3 Å². The van der Waals surface area contributed by atoms with E-state index in [9.17, 15) is 9.59 Å². The summed E-state index contributed by atoms with van der Waals surface area (Å²) in [5.41, 5.74) is 2.18. The number of nitrogens with zero attached hydrogens (tertiary/aromatic N) is 6. The Hall–Kier alpha value is -4.61. The van der Waals surface area contributed by atoms with E-state index in [1.165, 1.54) is 5.01 Å². The molecule has 0 saturated carbocycles. The molecule has 0 bridgehead atoms. The second-order valence-corrected chi connectivity index (χ2v) is 9.03. The van der Waals surface area contributed by atoms with Crippen LogP contribution in [0.25, 0.3) is 11.4 Å². The Balaban J connectivity index is 1.10. The van der Waals surface area contributed by atoms with Gasteiger partial charge < -0.3 is 28.5 Å². The molecule has 0 spiro atoms. The largest absolute Gasteiger partial charge is 0.495 e. The standard InChI is InChI=1S/C26H26N6O6/c1-35-20-5-3-2-4-19(20)30-10-12-31(13-11-30)24(34)15-32-23(33)9-7-18(28-32)26-27-25(29-38-26)17-6-8-21-22(14-17)37-16-36-21/h2-6,8,14H,7,9-13,15-16H2,1H3. The first-order chi connectivity index (χ1) is 18.6. The molecule has 196 valence electrons. The topological polar surface area (TPSA) is 123 Å². The van der Waals surface area contributed by atoms with Gasteiger partial charge in [-0.15, -0.1) is 0 Å². The molecule has 1 aromatic heterocycles. The van der Waals surface area contributed by atoms with Crippen molar-refractivity contribution in [3.8, 4) is 28.6 Å². The van der Waals surface area contributed by atoms with Gasteiger partial charge in [-0.05, 0) is 30.3 Å². The number of hydrazone groups is 1. The third-order valence-electron chi connectivity index (χ3n) is 6.75. The highest BCUT2D eigenvalue weighted by atomic mass is 16.7. The van der Waals surface area contributed by atoms with Crippen molar-refractivity contribution in [2.24, 2.45) is 5.10 Å². The fourth-order valence-corrected chi connectivity index (χ4v) is 4.69. The molecule has 0 N–H and O–H groups in total. The number of hydrogen-bond acceptors (Lipinski definition) is 10. The van der Waals surface area contributed by atoms with E-state index in [0.29, 0.717) is 61.2 Å². The average Bonchev–Trinajstić information content (AvgIpc) is 3.64. The lowest BCUT2D eigenvalue weighted by Gasteiger charge is -2.37. The predicted molar refractivity (Wildman–Crippen MR) is 135 cm³/mol. The molecule has 1 fully saturated rings. The highest BCUT2D eigenvalue weighted by Crippen LogP contribution is 2.35. The number of fused-ring (bicyclic) bond motifs is 1. The number of rotatable bonds is 6. The molecule has 1 saturated heterocycles. The molecule has 12 nitrogen and oxygen atoms in total. The fourth-order valence-electron chi connectivity index (χ4n) is 4.69. The Morgan fingerprint density at radius 3 is 2.68 bits per heavy atom. The summed E-state index contributed by atoms with van der Waals surface area (Å²) in [4.78, 5) is 34.0. The van der Waals surface area contributed by atoms with Crippen molar-refractivity contribution < 1.29 is 28.3 Å². The fraction of sp³-hybridized carbons (Fsp3) is 0.346. The normalized spacial score (nSPS) is 17.0. The first-order valence-electron chi connectivity index (χ1n) is 12.4. The molecule has 3 aliphatic heterocycles. The average molecular weight is 519 g/mol. The van der Waals surface area contributed by atoms with Crippen LogP contribution in [0.1, 0.15) is 18.7 Å². The van der Waals surface area contributed by atoms with Crippen molar-refractivity contribution in [1.82, 2.24) is 20.0 Å². The maximum atomic E-state index is 13.0. The molecule has 3 aliphatic rings. The maximum absolute atomic E-state index is 13.0. The lowest BCUT2D eigenvalue weighted by Crippen LogP contribution is -2.51. The van der Waals surface area contributed by atoms with Crippen molar-refractivity contribution in [3.05, 3.63) is 48.4 Å². The van der Waals surface area contributed by atoms with Gasteiger partial charge in [0.1, 0.15) is 18.0 Å². The maximum Gasteiger partial charge on any atom is 0.274 e. The smallest absolute Gasteiger partial charge is 0.274 e. The van der Waals surface area contributed by atoms with E-state index >= 15 is 0 Å². The minimum absolute atomic E-state index is 0.139. The molecule has 0 aliphatic carbocycles. The van der Waals surface area contributed by atoms with Crippen LogP contribution in [0.3, 0.4) is 0 Å². The van der Waals surface area contributed by atoms with E-state index < -0.39 is 0 Å². The number of para-hydroxylation sites is 2. The molecular weight excluding hydrogens is 492 g/mol. The van der Waals surface area contributed by atoms with Gasteiger partial charge in [-0.25, -0.2) is 5.01 Å². The first kappa shape index (κ1) is 23.8. The first-order valence-corrected chi connectivity index (χ1v) is 12.4. The number of aromatic nitrogens is 2. The van der Waals surface area contributed by atoms with Crippen molar-refractivity contribution in [2.75, 3.05) is 51.5 Å². The van der Waals surface area contributed by atoms with Gasteiger partial charge in [0.2, 0.25) is 24.4 Å². The molecule has 38 heavy (non-hydrogen) atoms. The van der Waals surface area contributed by atoms with E-state index in [2.05, 4.69) is 20.1 Å². The van der Waals surface area contributed by atoms with Crippen LogP contribution in [0.15, 0.2) is 52.1 Å². The van der Waals surface area contributed by atoms with Gasteiger partial charge >= 0.3 is 0 Å². The number of anilines is 1. The van der Waals surface area contributed by atoms with Gasteiger partial charge in [0.25, 0.3) is 5.89 Å². The number of amides is 2. The molecule has 12 heteroatoms. The SMILES string of the molecule is COc1ccccc1N1CCN(C(=O)CN2N=C(c3nc(-c4ccc5c(c4)OCO5)no3)CCC2=O)CC1. The number of ether oxygens (including phenoxy) is 3. The van der Waals surface area contributed by atoms with Crippen LogP contribution < -0.4 is 19.1 Å². The Kier molecular flexibility index (Phi) is 6.28. The lowest BCUT2D eigenvalue weighted by molar-refractivity contribution is -0.141. The monoisotopic (exact) mass is 518 g/mol. The number of methoxy groups -OCH3 is 1. The molecule has 0 unspecified atom stereocenters. The quantitative estimate of drug-likeness (QED) is 0.483. The Morgan fingerprint density at radius 2 is 1.84 bits per heavy atom. The molecular formula is C26H26N6O6. The molecule has 0 radical (unpaired) electrons. The van der Waals surface area contributed by atoms with Gasteiger partial charge in [0, 0.05) is 44.6 Å².